The van der Waals surface area contributed by atoms with E-state index in [0.29, 0.717) is 23.2 Å². The predicted octanol–water partition coefficient (Wildman–Crippen LogP) is 1.62. The molecule has 7 heteroatoms. The molecule has 0 aliphatic rings. The van der Waals surface area contributed by atoms with Crippen LogP contribution in [0.5, 0.6) is 5.88 Å². The summed E-state index contributed by atoms with van der Waals surface area (Å²) in [5, 5.41) is 4.43. The Morgan fingerprint density at radius 3 is 2.81 bits per heavy atom. The first-order valence-corrected chi connectivity index (χ1v) is 6.32. The third-order valence-electron chi connectivity index (χ3n) is 3.06. The zero-order valence-corrected chi connectivity index (χ0v) is 11.7. The Bertz CT molecular complexity index is 783. The molecule has 0 radical (unpaired) electrons. The summed E-state index contributed by atoms with van der Waals surface area (Å²) in [6.07, 6.45) is 3.04. The van der Waals surface area contributed by atoms with Gasteiger partial charge in [0.1, 0.15) is 12.7 Å². The Balaban J connectivity index is 2.03. The molecule has 0 saturated carbocycles. The van der Waals surface area contributed by atoms with Crippen molar-refractivity contribution in [3.63, 3.8) is 0 Å². The van der Waals surface area contributed by atoms with E-state index in [0.717, 1.165) is 11.1 Å². The number of rotatable bonds is 3. The SMILES string of the molecule is COc1ncnc(-n2cnc(-c3cccc(N)c3)n2)c1C. The maximum absolute atomic E-state index is 5.78. The molecule has 0 amide bonds. The molecule has 0 bridgehead atoms. The lowest BCUT2D eigenvalue weighted by Crippen LogP contribution is -2.04. The van der Waals surface area contributed by atoms with Crippen LogP contribution in [0.15, 0.2) is 36.9 Å². The Labute approximate surface area is 121 Å². The Kier molecular flexibility index (Phi) is 3.23. The number of nitrogens with two attached hydrogens (primary N) is 1. The third-order valence-corrected chi connectivity index (χ3v) is 3.06. The number of benzene rings is 1. The van der Waals surface area contributed by atoms with Crippen LogP contribution in [0.1, 0.15) is 5.56 Å². The number of nitrogen functional groups attached to an aromatic ring is 1. The third kappa shape index (κ3) is 2.40. The molecular formula is C14H14N6O. The van der Waals surface area contributed by atoms with Gasteiger partial charge in [-0.05, 0) is 19.1 Å². The molecule has 0 spiro atoms. The summed E-state index contributed by atoms with van der Waals surface area (Å²) < 4.78 is 6.78. The summed E-state index contributed by atoms with van der Waals surface area (Å²) in [7, 11) is 1.57. The van der Waals surface area contributed by atoms with Gasteiger partial charge >= 0.3 is 0 Å². The van der Waals surface area contributed by atoms with Crippen LogP contribution >= 0.6 is 0 Å². The first kappa shape index (κ1) is 13.0. The van der Waals surface area contributed by atoms with Crippen molar-refractivity contribution < 1.29 is 4.74 Å². The molecule has 2 aromatic heterocycles. The van der Waals surface area contributed by atoms with Crippen LogP contribution in [-0.4, -0.2) is 31.8 Å². The molecule has 2 N–H and O–H groups in total. The highest BCUT2D eigenvalue weighted by atomic mass is 16.5. The van der Waals surface area contributed by atoms with E-state index in [1.54, 1.807) is 18.1 Å². The highest BCUT2D eigenvalue weighted by Crippen LogP contribution is 2.21. The summed E-state index contributed by atoms with van der Waals surface area (Å²) in [6.45, 7) is 1.87. The summed E-state index contributed by atoms with van der Waals surface area (Å²) in [4.78, 5) is 12.6. The maximum Gasteiger partial charge on any atom is 0.221 e. The average Bonchev–Trinajstić information content (AvgIpc) is 2.97. The fraction of sp³-hybridized carbons (Fsp3) is 0.143. The van der Waals surface area contributed by atoms with E-state index in [1.807, 2.05) is 31.2 Å². The van der Waals surface area contributed by atoms with Gasteiger partial charge in [-0.3, -0.25) is 0 Å². The van der Waals surface area contributed by atoms with Crippen molar-refractivity contribution in [2.75, 3.05) is 12.8 Å². The van der Waals surface area contributed by atoms with Gasteiger partial charge in [-0.15, -0.1) is 5.10 Å². The summed E-state index contributed by atoms with van der Waals surface area (Å²) in [5.74, 6) is 1.73. The summed E-state index contributed by atoms with van der Waals surface area (Å²) >= 11 is 0. The smallest absolute Gasteiger partial charge is 0.221 e. The predicted molar refractivity (Wildman–Crippen MR) is 78.1 cm³/mol. The Morgan fingerprint density at radius 1 is 1.19 bits per heavy atom. The van der Waals surface area contributed by atoms with E-state index in [4.69, 9.17) is 10.5 Å². The molecule has 0 fully saturated rings. The molecule has 0 aliphatic heterocycles. The molecular weight excluding hydrogens is 268 g/mol. The molecule has 3 aromatic rings. The van der Waals surface area contributed by atoms with Crippen LogP contribution in [0.25, 0.3) is 17.2 Å². The number of nitrogens with zero attached hydrogens (tertiary/aromatic N) is 5. The van der Waals surface area contributed by atoms with Crippen LogP contribution in [0.2, 0.25) is 0 Å². The van der Waals surface area contributed by atoms with Crippen molar-refractivity contribution in [2.45, 2.75) is 6.92 Å². The monoisotopic (exact) mass is 282 g/mol. The van der Waals surface area contributed by atoms with Gasteiger partial charge in [-0.2, -0.15) is 0 Å². The molecule has 3 rings (SSSR count). The molecule has 0 aliphatic carbocycles. The topological polar surface area (TPSA) is 91.7 Å². The van der Waals surface area contributed by atoms with Crippen molar-refractivity contribution in [1.82, 2.24) is 24.7 Å². The number of aromatic nitrogens is 5. The molecule has 7 nitrogen and oxygen atoms in total. The second-order valence-corrected chi connectivity index (χ2v) is 4.47. The molecule has 0 saturated heterocycles. The Morgan fingerprint density at radius 2 is 2.05 bits per heavy atom. The minimum atomic E-state index is 0.515. The van der Waals surface area contributed by atoms with E-state index < -0.39 is 0 Å². The largest absolute Gasteiger partial charge is 0.481 e. The lowest BCUT2D eigenvalue weighted by Gasteiger charge is -2.06. The lowest BCUT2D eigenvalue weighted by atomic mass is 10.2. The van der Waals surface area contributed by atoms with Crippen LogP contribution < -0.4 is 10.5 Å². The van der Waals surface area contributed by atoms with Gasteiger partial charge in [0.05, 0.1) is 12.7 Å². The molecule has 0 unspecified atom stereocenters. The van der Waals surface area contributed by atoms with Gasteiger partial charge < -0.3 is 10.5 Å². The van der Waals surface area contributed by atoms with Crippen molar-refractivity contribution in [1.29, 1.82) is 0 Å². The zero-order chi connectivity index (χ0) is 14.8. The summed E-state index contributed by atoms with van der Waals surface area (Å²) in [6, 6.07) is 7.42. The second-order valence-electron chi connectivity index (χ2n) is 4.47. The standard InChI is InChI=1S/C14H14N6O/c1-9-13(16-7-17-14(9)21-2)20-8-18-12(19-20)10-4-3-5-11(15)6-10/h3-8H,15H2,1-2H3. The van der Waals surface area contributed by atoms with E-state index in [2.05, 4.69) is 20.1 Å². The highest BCUT2D eigenvalue weighted by Gasteiger charge is 2.12. The fourth-order valence-electron chi connectivity index (χ4n) is 2.04. The second kappa shape index (κ2) is 5.20. The van der Waals surface area contributed by atoms with Gasteiger partial charge in [-0.1, -0.05) is 12.1 Å². The average molecular weight is 282 g/mol. The first-order valence-electron chi connectivity index (χ1n) is 6.32. The quantitative estimate of drug-likeness (QED) is 0.734. The summed E-state index contributed by atoms with van der Waals surface area (Å²) in [5.41, 5.74) is 8.10. The van der Waals surface area contributed by atoms with Crippen LogP contribution in [0, 0.1) is 6.92 Å². The Hall–Kier alpha value is -2.96. The maximum atomic E-state index is 5.78. The minimum Gasteiger partial charge on any atom is -0.481 e. The van der Waals surface area contributed by atoms with Crippen molar-refractivity contribution in [2.24, 2.45) is 0 Å². The van der Waals surface area contributed by atoms with Crippen molar-refractivity contribution in [3.05, 3.63) is 42.5 Å². The lowest BCUT2D eigenvalue weighted by molar-refractivity contribution is 0.392. The van der Waals surface area contributed by atoms with Crippen LogP contribution in [0.3, 0.4) is 0 Å². The van der Waals surface area contributed by atoms with E-state index in [9.17, 15) is 0 Å². The van der Waals surface area contributed by atoms with E-state index in [-0.39, 0.29) is 0 Å². The normalized spacial score (nSPS) is 10.6. The van der Waals surface area contributed by atoms with Gasteiger partial charge in [0.25, 0.3) is 0 Å². The van der Waals surface area contributed by atoms with Crippen LogP contribution in [0.4, 0.5) is 5.69 Å². The molecule has 21 heavy (non-hydrogen) atoms. The molecule has 0 atom stereocenters. The van der Waals surface area contributed by atoms with E-state index >= 15 is 0 Å². The number of anilines is 1. The molecule has 106 valence electrons. The van der Waals surface area contributed by atoms with E-state index in [1.165, 1.54) is 6.33 Å². The fourth-order valence-corrected chi connectivity index (χ4v) is 2.04. The molecule has 2 heterocycles. The minimum absolute atomic E-state index is 0.515. The number of hydrogen-bond donors (Lipinski definition) is 1. The number of methoxy groups -OCH3 is 1. The van der Waals surface area contributed by atoms with Gasteiger partial charge in [0, 0.05) is 11.3 Å². The van der Waals surface area contributed by atoms with Crippen LogP contribution in [-0.2, 0) is 0 Å². The highest BCUT2D eigenvalue weighted by molar-refractivity contribution is 5.60. The van der Waals surface area contributed by atoms with Gasteiger partial charge in [0.15, 0.2) is 11.6 Å². The zero-order valence-electron chi connectivity index (χ0n) is 11.7. The van der Waals surface area contributed by atoms with Crippen molar-refractivity contribution in [3.8, 4) is 23.1 Å². The van der Waals surface area contributed by atoms with Gasteiger partial charge in [-0.25, -0.2) is 19.6 Å². The van der Waals surface area contributed by atoms with Gasteiger partial charge in [0.2, 0.25) is 5.88 Å². The number of ether oxygens (including phenoxy) is 1. The molecule has 1 aromatic carbocycles. The first-order chi connectivity index (χ1) is 10.2. The number of hydrogen-bond acceptors (Lipinski definition) is 6. The van der Waals surface area contributed by atoms with Crippen molar-refractivity contribution >= 4 is 5.69 Å².